The van der Waals surface area contributed by atoms with Gasteiger partial charge in [0.1, 0.15) is 5.78 Å². The molecule has 0 bridgehead atoms. The molecule has 4 unspecified atom stereocenters. The van der Waals surface area contributed by atoms with E-state index in [0.717, 1.165) is 44.8 Å². The van der Waals surface area contributed by atoms with Gasteiger partial charge in [0, 0.05) is 32.0 Å². The van der Waals surface area contributed by atoms with Crippen LogP contribution in [-0.4, -0.2) is 42.5 Å². The monoisotopic (exact) mass is 267 g/mol. The maximum absolute atomic E-state index is 12.1. The molecule has 0 radical (unpaired) electrons. The van der Waals surface area contributed by atoms with Crippen LogP contribution in [0.4, 0.5) is 0 Å². The maximum atomic E-state index is 12.1. The first-order valence-electron chi connectivity index (χ1n) is 7.99. The molecule has 0 amide bonds. The third kappa shape index (κ3) is 4.28. The van der Waals surface area contributed by atoms with Crippen molar-refractivity contribution in [3.8, 4) is 0 Å². The topological polar surface area (TPSA) is 29.5 Å². The van der Waals surface area contributed by atoms with E-state index in [0.29, 0.717) is 18.0 Å². The van der Waals surface area contributed by atoms with Crippen molar-refractivity contribution in [1.29, 1.82) is 0 Å². The van der Waals surface area contributed by atoms with E-state index in [1.807, 2.05) is 0 Å². The number of ether oxygens (including phenoxy) is 1. The smallest absolute Gasteiger partial charge is 0.137 e. The standard InChI is InChI=1S/C16H29NO2/c1-4-5-14-6-7-16(18)15(8-14)11-17-9-12(2)19-13(3)10-17/h12-15H,4-11H2,1-3H3. The van der Waals surface area contributed by atoms with Crippen LogP contribution in [-0.2, 0) is 9.53 Å². The number of morpholine rings is 1. The molecule has 3 nitrogen and oxygen atoms in total. The van der Waals surface area contributed by atoms with Crippen molar-refractivity contribution in [2.45, 2.75) is 65.1 Å². The fraction of sp³-hybridized carbons (Fsp3) is 0.938. The van der Waals surface area contributed by atoms with Crippen molar-refractivity contribution in [3.63, 3.8) is 0 Å². The molecule has 3 heteroatoms. The average Bonchev–Trinajstić information content (AvgIpc) is 2.32. The first kappa shape index (κ1) is 15.0. The summed E-state index contributed by atoms with van der Waals surface area (Å²) in [7, 11) is 0. The molecular formula is C16H29NO2. The van der Waals surface area contributed by atoms with E-state index in [9.17, 15) is 4.79 Å². The molecule has 4 atom stereocenters. The second-order valence-electron chi connectivity index (χ2n) is 6.57. The Balaban J connectivity index is 1.87. The van der Waals surface area contributed by atoms with Crippen LogP contribution in [0.2, 0.25) is 0 Å². The first-order valence-corrected chi connectivity index (χ1v) is 7.99. The van der Waals surface area contributed by atoms with Gasteiger partial charge in [0.05, 0.1) is 12.2 Å². The molecule has 1 heterocycles. The van der Waals surface area contributed by atoms with Gasteiger partial charge in [-0.15, -0.1) is 0 Å². The highest BCUT2D eigenvalue weighted by Gasteiger charge is 2.31. The van der Waals surface area contributed by atoms with Gasteiger partial charge < -0.3 is 4.74 Å². The highest BCUT2D eigenvalue weighted by molar-refractivity contribution is 5.81. The molecule has 19 heavy (non-hydrogen) atoms. The van der Waals surface area contributed by atoms with Gasteiger partial charge in [-0.3, -0.25) is 9.69 Å². The molecule has 1 saturated carbocycles. The summed E-state index contributed by atoms with van der Waals surface area (Å²) in [6, 6.07) is 0. The minimum Gasteiger partial charge on any atom is -0.373 e. The van der Waals surface area contributed by atoms with Gasteiger partial charge in [-0.25, -0.2) is 0 Å². The number of hydrogen-bond acceptors (Lipinski definition) is 3. The van der Waals surface area contributed by atoms with Gasteiger partial charge in [0.2, 0.25) is 0 Å². The van der Waals surface area contributed by atoms with E-state index in [2.05, 4.69) is 25.7 Å². The highest BCUT2D eigenvalue weighted by Crippen LogP contribution is 2.30. The maximum Gasteiger partial charge on any atom is 0.137 e. The predicted octanol–water partition coefficient (Wildman–Crippen LogP) is 2.88. The summed E-state index contributed by atoms with van der Waals surface area (Å²) >= 11 is 0. The Hall–Kier alpha value is -0.410. The summed E-state index contributed by atoms with van der Waals surface area (Å²) in [6.07, 6.45) is 6.19. The van der Waals surface area contributed by atoms with E-state index in [-0.39, 0.29) is 5.92 Å². The number of nitrogens with zero attached hydrogens (tertiary/aromatic N) is 1. The third-order valence-corrected chi connectivity index (χ3v) is 4.54. The van der Waals surface area contributed by atoms with Gasteiger partial charge in [0.15, 0.2) is 0 Å². The number of carbonyl (C=O) groups excluding carboxylic acids is 1. The normalized spacial score (nSPS) is 37.5. The Morgan fingerprint density at radius 1 is 1.26 bits per heavy atom. The Bertz CT molecular complexity index is 295. The van der Waals surface area contributed by atoms with Crippen LogP contribution >= 0.6 is 0 Å². The average molecular weight is 267 g/mol. The summed E-state index contributed by atoms with van der Waals surface area (Å²) in [5.41, 5.74) is 0. The van der Waals surface area contributed by atoms with Gasteiger partial charge >= 0.3 is 0 Å². The molecule has 1 aliphatic carbocycles. The SMILES string of the molecule is CCCC1CCC(=O)C(CN2CC(C)OC(C)C2)C1. The Morgan fingerprint density at radius 2 is 1.95 bits per heavy atom. The lowest BCUT2D eigenvalue weighted by atomic mass is 9.78. The summed E-state index contributed by atoms with van der Waals surface area (Å²) in [5.74, 6) is 1.56. The zero-order valence-electron chi connectivity index (χ0n) is 12.7. The quantitative estimate of drug-likeness (QED) is 0.784. The lowest BCUT2D eigenvalue weighted by molar-refractivity contribution is -0.128. The van der Waals surface area contributed by atoms with E-state index >= 15 is 0 Å². The van der Waals surface area contributed by atoms with Crippen molar-refractivity contribution < 1.29 is 9.53 Å². The molecule has 0 aromatic carbocycles. The summed E-state index contributed by atoms with van der Waals surface area (Å²) in [5, 5.41) is 0. The molecule has 1 saturated heterocycles. The molecule has 110 valence electrons. The van der Waals surface area contributed by atoms with Crippen LogP contribution in [0.5, 0.6) is 0 Å². The van der Waals surface area contributed by atoms with Gasteiger partial charge in [0.25, 0.3) is 0 Å². The molecule has 0 aromatic heterocycles. The van der Waals surface area contributed by atoms with Crippen LogP contribution in [0.25, 0.3) is 0 Å². The molecule has 2 aliphatic rings. The minimum atomic E-state index is 0.280. The van der Waals surface area contributed by atoms with Crippen LogP contribution in [0.1, 0.15) is 52.9 Å². The number of hydrogen-bond donors (Lipinski definition) is 0. The molecule has 1 aliphatic heterocycles. The summed E-state index contributed by atoms with van der Waals surface area (Å²) in [4.78, 5) is 14.6. The Kier molecular flexibility index (Phi) is 5.40. The van der Waals surface area contributed by atoms with E-state index < -0.39 is 0 Å². The predicted molar refractivity (Wildman–Crippen MR) is 77.2 cm³/mol. The largest absolute Gasteiger partial charge is 0.373 e. The Labute approximate surface area is 117 Å². The zero-order valence-corrected chi connectivity index (χ0v) is 12.7. The van der Waals surface area contributed by atoms with Crippen molar-refractivity contribution in [3.05, 3.63) is 0 Å². The fourth-order valence-corrected chi connectivity index (χ4v) is 3.79. The van der Waals surface area contributed by atoms with Crippen molar-refractivity contribution in [1.82, 2.24) is 4.90 Å². The van der Waals surface area contributed by atoms with Gasteiger partial charge in [-0.1, -0.05) is 19.8 Å². The van der Waals surface area contributed by atoms with Crippen molar-refractivity contribution in [2.75, 3.05) is 19.6 Å². The lowest BCUT2D eigenvalue weighted by Gasteiger charge is -2.38. The van der Waals surface area contributed by atoms with Crippen LogP contribution < -0.4 is 0 Å². The van der Waals surface area contributed by atoms with E-state index in [1.165, 1.54) is 12.8 Å². The van der Waals surface area contributed by atoms with Crippen LogP contribution in [0.3, 0.4) is 0 Å². The second-order valence-corrected chi connectivity index (χ2v) is 6.57. The van der Waals surface area contributed by atoms with E-state index in [1.54, 1.807) is 0 Å². The Morgan fingerprint density at radius 3 is 2.58 bits per heavy atom. The fourth-order valence-electron chi connectivity index (χ4n) is 3.79. The molecular weight excluding hydrogens is 238 g/mol. The van der Waals surface area contributed by atoms with Crippen LogP contribution in [0, 0.1) is 11.8 Å². The van der Waals surface area contributed by atoms with Crippen molar-refractivity contribution >= 4 is 5.78 Å². The number of Topliss-reactive ketones (excluding diaryl/α,β-unsaturated/α-hetero) is 1. The van der Waals surface area contributed by atoms with Gasteiger partial charge in [-0.05, 0) is 32.6 Å². The van der Waals surface area contributed by atoms with E-state index in [4.69, 9.17) is 4.74 Å². The molecule has 0 N–H and O–H groups in total. The number of ketones is 1. The second kappa shape index (κ2) is 6.85. The molecule has 0 aromatic rings. The summed E-state index contributed by atoms with van der Waals surface area (Å²) < 4.78 is 5.77. The van der Waals surface area contributed by atoms with Gasteiger partial charge in [-0.2, -0.15) is 0 Å². The number of carbonyl (C=O) groups is 1. The summed E-state index contributed by atoms with van der Waals surface area (Å²) in [6.45, 7) is 9.42. The van der Waals surface area contributed by atoms with Crippen molar-refractivity contribution in [2.24, 2.45) is 11.8 Å². The minimum absolute atomic E-state index is 0.280. The zero-order chi connectivity index (χ0) is 13.8. The lowest BCUT2D eigenvalue weighted by Crippen LogP contribution is -2.48. The van der Waals surface area contributed by atoms with Crippen LogP contribution in [0.15, 0.2) is 0 Å². The third-order valence-electron chi connectivity index (χ3n) is 4.54. The first-order chi connectivity index (χ1) is 9.08. The molecule has 0 spiro atoms. The molecule has 2 fully saturated rings. The highest BCUT2D eigenvalue weighted by atomic mass is 16.5. The number of rotatable bonds is 4. The molecule has 2 rings (SSSR count).